The lowest BCUT2D eigenvalue weighted by Gasteiger charge is -2.42. The molecule has 0 aromatic rings. The normalized spacial score (nSPS) is 15.9. The van der Waals surface area contributed by atoms with Crippen LogP contribution in [-0.2, 0) is 9.59 Å². The number of carbonyl (C=O) groups is 2. The van der Waals surface area contributed by atoms with Gasteiger partial charge in [-0.3, -0.25) is 9.59 Å². The zero-order valence-electron chi connectivity index (χ0n) is 10.7. The summed E-state index contributed by atoms with van der Waals surface area (Å²) in [6, 6.07) is 0. The predicted molar refractivity (Wildman–Crippen MR) is 66.8 cm³/mol. The summed E-state index contributed by atoms with van der Waals surface area (Å²) < 4.78 is 0. The van der Waals surface area contributed by atoms with Crippen molar-refractivity contribution in [2.24, 2.45) is 5.92 Å². The highest BCUT2D eigenvalue weighted by Crippen LogP contribution is 2.46. The number of ketones is 2. The highest BCUT2D eigenvalue weighted by atomic mass is 28.3. The van der Waals surface area contributed by atoms with Crippen LogP contribution in [-0.4, -0.2) is 19.6 Å². The quantitative estimate of drug-likeness (QED) is 0.410. The second-order valence-electron chi connectivity index (χ2n) is 5.39. The van der Waals surface area contributed by atoms with Crippen LogP contribution in [0.5, 0.6) is 0 Å². The van der Waals surface area contributed by atoms with Crippen LogP contribution >= 0.6 is 0 Å². The van der Waals surface area contributed by atoms with Gasteiger partial charge >= 0.3 is 0 Å². The number of allylic oxidation sites excluding steroid dienone is 1. The van der Waals surface area contributed by atoms with E-state index >= 15 is 0 Å². The second-order valence-corrected chi connectivity index (χ2v) is 11.0. The maximum atomic E-state index is 11.6. The molecule has 0 saturated heterocycles. The summed E-state index contributed by atoms with van der Waals surface area (Å²) in [6.45, 7) is 15.3. The predicted octanol–water partition coefficient (Wildman–Crippen LogP) is 3.07. The molecule has 2 nitrogen and oxygen atoms in total. The van der Waals surface area contributed by atoms with Gasteiger partial charge in [0.15, 0.2) is 0 Å². The van der Waals surface area contributed by atoms with Crippen LogP contribution in [0.1, 0.15) is 20.8 Å². The molecular weight excluding hydrogens is 204 g/mol. The summed E-state index contributed by atoms with van der Waals surface area (Å²) in [5.41, 5.74) is 0. The zero-order valence-corrected chi connectivity index (χ0v) is 11.7. The van der Waals surface area contributed by atoms with Crippen LogP contribution < -0.4 is 0 Å². The third-order valence-electron chi connectivity index (χ3n) is 3.45. The molecule has 0 aliphatic rings. The third kappa shape index (κ3) is 2.65. The van der Waals surface area contributed by atoms with Gasteiger partial charge in [-0.1, -0.05) is 32.6 Å². The molecule has 86 valence electrons. The van der Waals surface area contributed by atoms with Gasteiger partial charge in [0.2, 0.25) is 0 Å². The highest BCUT2D eigenvalue weighted by Gasteiger charge is 2.47. The van der Waals surface area contributed by atoms with E-state index in [4.69, 9.17) is 0 Å². The van der Waals surface area contributed by atoms with Crippen molar-refractivity contribution >= 4 is 19.6 Å². The molecule has 0 fully saturated rings. The average Bonchev–Trinajstić information content (AvgIpc) is 2.00. The van der Waals surface area contributed by atoms with Gasteiger partial charge < -0.3 is 0 Å². The molecular formula is C12H22O2Si. The van der Waals surface area contributed by atoms with Crippen LogP contribution in [0.25, 0.3) is 0 Å². The minimum atomic E-state index is -1.66. The number of hydrogen-bond donors (Lipinski definition) is 0. The SMILES string of the molecule is C=C[C@@](C)(C(C(C)=O)C(C)=O)[Si](C)(C)C. The molecule has 0 aromatic carbocycles. The van der Waals surface area contributed by atoms with Crippen molar-refractivity contribution in [1.29, 1.82) is 0 Å². The summed E-state index contributed by atoms with van der Waals surface area (Å²) in [6.07, 6.45) is 1.80. The first kappa shape index (κ1) is 14.3. The minimum Gasteiger partial charge on any atom is -0.299 e. The van der Waals surface area contributed by atoms with Gasteiger partial charge in [0.25, 0.3) is 0 Å². The van der Waals surface area contributed by atoms with Crippen molar-refractivity contribution in [3.63, 3.8) is 0 Å². The Morgan fingerprint density at radius 3 is 1.60 bits per heavy atom. The van der Waals surface area contributed by atoms with Gasteiger partial charge in [-0.25, -0.2) is 0 Å². The molecule has 0 aliphatic heterocycles. The average molecular weight is 226 g/mol. The van der Waals surface area contributed by atoms with E-state index in [9.17, 15) is 9.59 Å². The Balaban J connectivity index is 5.52. The van der Waals surface area contributed by atoms with E-state index in [0.717, 1.165) is 0 Å². The summed E-state index contributed by atoms with van der Waals surface area (Å²) in [5.74, 6) is -0.624. The zero-order chi connectivity index (χ0) is 12.4. The Hall–Kier alpha value is -0.703. The first-order valence-electron chi connectivity index (χ1n) is 5.22. The molecule has 0 aromatic heterocycles. The molecule has 15 heavy (non-hydrogen) atoms. The monoisotopic (exact) mass is 226 g/mol. The van der Waals surface area contributed by atoms with Crippen LogP contribution in [0.4, 0.5) is 0 Å². The molecule has 0 aliphatic carbocycles. The van der Waals surface area contributed by atoms with Gasteiger partial charge in [0.1, 0.15) is 11.6 Å². The number of rotatable bonds is 5. The number of hydrogen-bond acceptors (Lipinski definition) is 2. The van der Waals surface area contributed by atoms with Gasteiger partial charge in [-0.15, -0.1) is 6.58 Å². The van der Waals surface area contributed by atoms with Crippen molar-refractivity contribution in [3.05, 3.63) is 12.7 Å². The molecule has 1 atom stereocenters. The fraction of sp³-hybridized carbons (Fsp3) is 0.667. The Bertz CT molecular complexity index is 274. The molecule has 0 rings (SSSR count). The van der Waals surface area contributed by atoms with Crippen LogP contribution in [0.3, 0.4) is 0 Å². The first-order chi connectivity index (χ1) is 6.58. The van der Waals surface area contributed by atoms with Crippen molar-refractivity contribution in [1.82, 2.24) is 0 Å². The van der Waals surface area contributed by atoms with E-state index in [-0.39, 0.29) is 16.6 Å². The lowest BCUT2D eigenvalue weighted by molar-refractivity contribution is -0.131. The van der Waals surface area contributed by atoms with E-state index in [0.29, 0.717) is 0 Å². The molecule has 0 spiro atoms. The molecule has 0 saturated carbocycles. The molecule has 0 radical (unpaired) electrons. The van der Waals surface area contributed by atoms with E-state index in [1.165, 1.54) is 13.8 Å². The molecule has 0 unspecified atom stereocenters. The standard InChI is InChI=1S/C12H22O2Si/c1-8-12(4,15(5,6)7)11(9(2)13)10(3)14/h8,11H,1H2,2-7H3/t12-/m0/s1. The molecule has 0 bridgehead atoms. The van der Waals surface area contributed by atoms with Crippen molar-refractivity contribution in [2.75, 3.05) is 0 Å². The van der Waals surface area contributed by atoms with Crippen LogP contribution in [0.15, 0.2) is 12.7 Å². The van der Waals surface area contributed by atoms with Gasteiger partial charge in [0, 0.05) is 0 Å². The van der Waals surface area contributed by atoms with Crippen LogP contribution in [0.2, 0.25) is 24.7 Å². The topological polar surface area (TPSA) is 34.1 Å². The van der Waals surface area contributed by atoms with E-state index in [1.807, 2.05) is 6.92 Å². The lowest BCUT2D eigenvalue weighted by Crippen LogP contribution is -2.46. The summed E-state index contributed by atoms with van der Waals surface area (Å²) in [7, 11) is -1.66. The van der Waals surface area contributed by atoms with Crippen molar-refractivity contribution in [3.8, 4) is 0 Å². The van der Waals surface area contributed by atoms with Gasteiger partial charge in [0.05, 0.1) is 14.0 Å². The summed E-state index contributed by atoms with van der Waals surface area (Å²) in [5, 5.41) is -0.356. The smallest absolute Gasteiger partial charge is 0.140 e. The molecule has 3 heteroatoms. The van der Waals surface area contributed by atoms with E-state index in [1.54, 1.807) is 6.08 Å². The third-order valence-corrected chi connectivity index (χ3v) is 7.18. The Morgan fingerprint density at radius 2 is 1.53 bits per heavy atom. The Kier molecular flexibility index (Phi) is 4.23. The summed E-state index contributed by atoms with van der Waals surface area (Å²) in [4.78, 5) is 23.2. The second kappa shape index (κ2) is 4.43. The molecule has 0 heterocycles. The molecule has 0 amide bonds. The van der Waals surface area contributed by atoms with Gasteiger partial charge in [-0.05, 0) is 18.9 Å². The fourth-order valence-electron chi connectivity index (χ4n) is 1.99. The highest BCUT2D eigenvalue weighted by molar-refractivity contribution is 6.80. The van der Waals surface area contributed by atoms with Crippen LogP contribution in [0, 0.1) is 5.92 Å². The maximum Gasteiger partial charge on any atom is 0.140 e. The van der Waals surface area contributed by atoms with Gasteiger partial charge in [-0.2, -0.15) is 0 Å². The van der Waals surface area contributed by atoms with E-state index in [2.05, 4.69) is 26.2 Å². The maximum absolute atomic E-state index is 11.6. The summed E-state index contributed by atoms with van der Waals surface area (Å²) >= 11 is 0. The Morgan fingerprint density at radius 1 is 1.20 bits per heavy atom. The first-order valence-corrected chi connectivity index (χ1v) is 8.72. The lowest BCUT2D eigenvalue weighted by atomic mass is 9.86. The minimum absolute atomic E-state index is 0.0488. The number of Topliss-reactive ketones (excluding diaryl/α,β-unsaturated/α-hetero) is 2. The van der Waals surface area contributed by atoms with E-state index < -0.39 is 14.0 Å². The van der Waals surface area contributed by atoms with Crippen molar-refractivity contribution < 1.29 is 9.59 Å². The van der Waals surface area contributed by atoms with Crippen molar-refractivity contribution in [2.45, 2.75) is 45.5 Å². The Labute approximate surface area is 93.8 Å². The largest absolute Gasteiger partial charge is 0.299 e. The molecule has 0 N–H and O–H groups in total. The number of carbonyl (C=O) groups excluding carboxylic acids is 2. The fourth-order valence-corrected chi connectivity index (χ4v) is 3.87.